The lowest BCUT2D eigenvalue weighted by Gasteiger charge is -2.39. The molecule has 5 heterocycles. The topological polar surface area (TPSA) is 161 Å². The van der Waals surface area contributed by atoms with Gasteiger partial charge in [0.25, 0.3) is 5.56 Å². The number of pyridine rings is 1. The number of aromatic amines is 1. The molecule has 14 nitrogen and oxygen atoms in total. The number of carbonyl (C=O) groups is 3. The van der Waals surface area contributed by atoms with Crippen molar-refractivity contribution in [1.29, 1.82) is 0 Å². The van der Waals surface area contributed by atoms with Gasteiger partial charge in [0.1, 0.15) is 12.0 Å². The normalized spacial score (nSPS) is 19.0. The number of nitrogens with zero attached hydrogens (tertiary/aromatic N) is 7. The second kappa shape index (κ2) is 20.7. The number of benzene rings is 2. The van der Waals surface area contributed by atoms with E-state index in [0.29, 0.717) is 47.4 Å². The molecular weight excluding hydrogens is 788 g/mol. The lowest BCUT2D eigenvalue weighted by molar-refractivity contribution is -0.121. The monoisotopic (exact) mass is 846 g/mol. The van der Waals surface area contributed by atoms with Crippen LogP contribution in [0.3, 0.4) is 0 Å². The summed E-state index contributed by atoms with van der Waals surface area (Å²) in [6.07, 6.45) is 12.1. The van der Waals surface area contributed by atoms with Crippen molar-refractivity contribution in [3.63, 3.8) is 0 Å². The predicted octanol–water partition coefficient (Wildman–Crippen LogP) is 6.00. The van der Waals surface area contributed by atoms with Gasteiger partial charge in [0.2, 0.25) is 18.3 Å². The third kappa shape index (κ3) is 10.9. The third-order valence-electron chi connectivity index (χ3n) is 12.8. The molecule has 0 radical (unpaired) electrons. The molecule has 328 valence electrons. The quantitative estimate of drug-likeness (QED) is 0.120. The van der Waals surface area contributed by atoms with Crippen LogP contribution in [0.5, 0.6) is 0 Å². The molecule has 5 aromatic rings. The number of piperidine rings is 1. The molecule has 2 amide bonds. The average molecular weight is 847 g/mol. The smallest absolute Gasteiger partial charge is 0.255 e. The Bertz CT molecular complexity index is 2360. The molecule has 1 unspecified atom stereocenters. The Morgan fingerprint density at radius 1 is 0.952 bits per heavy atom. The van der Waals surface area contributed by atoms with Gasteiger partial charge in [-0.3, -0.25) is 24.0 Å². The van der Waals surface area contributed by atoms with Crippen LogP contribution in [0.1, 0.15) is 69.9 Å². The molecule has 2 aromatic carbocycles. The van der Waals surface area contributed by atoms with Crippen LogP contribution < -0.4 is 21.1 Å². The number of aromatic nitrogens is 5. The van der Waals surface area contributed by atoms with E-state index < -0.39 is 11.7 Å². The first-order valence-electron chi connectivity index (χ1n) is 22.0. The number of carbonyl (C=O) groups excluding carboxylic acids is 3. The number of amides is 2. The Morgan fingerprint density at radius 3 is 2.42 bits per heavy atom. The van der Waals surface area contributed by atoms with Crippen LogP contribution in [0, 0.1) is 17.7 Å². The minimum atomic E-state index is -0.484. The van der Waals surface area contributed by atoms with Crippen molar-refractivity contribution in [3.05, 3.63) is 88.9 Å². The molecular formula is C47H59FN10O4. The SMILES string of the molecule is CC1CCC(Nc2ncc(F)c(-c3cccc(-c4ccc[nH]c4=O)c3)n2)CC1.CNC(=O)CCC(C=O)c1nn(C)c2cc(N3CCN(CC4CCN(C=O)CC4)CC3)ccc12. The van der Waals surface area contributed by atoms with Gasteiger partial charge in [-0.15, -0.1) is 0 Å². The zero-order valence-electron chi connectivity index (χ0n) is 36.1. The van der Waals surface area contributed by atoms with Crippen LogP contribution in [-0.2, 0) is 21.4 Å². The third-order valence-corrected chi connectivity index (χ3v) is 12.8. The van der Waals surface area contributed by atoms with Crippen LogP contribution in [-0.4, -0.2) is 112 Å². The molecule has 3 fully saturated rings. The summed E-state index contributed by atoms with van der Waals surface area (Å²) in [6.45, 7) is 9.19. The lowest BCUT2D eigenvalue weighted by Crippen LogP contribution is -2.48. The molecule has 8 rings (SSSR count). The number of aldehydes is 1. The molecule has 2 saturated heterocycles. The Kier molecular flexibility index (Phi) is 14.8. The second-order valence-electron chi connectivity index (χ2n) is 17.0. The van der Waals surface area contributed by atoms with Gasteiger partial charge < -0.3 is 30.2 Å². The highest BCUT2D eigenvalue weighted by Gasteiger charge is 2.25. The maximum atomic E-state index is 14.5. The molecule has 3 aliphatic rings. The number of anilines is 2. The summed E-state index contributed by atoms with van der Waals surface area (Å²) < 4.78 is 16.3. The fourth-order valence-corrected chi connectivity index (χ4v) is 8.93. The summed E-state index contributed by atoms with van der Waals surface area (Å²) in [7, 11) is 3.51. The van der Waals surface area contributed by atoms with Gasteiger partial charge in [-0.1, -0.05) is 25.1 Å². The van der Waals surface area contributed by atoms with Gasteiger partial charge in [0.05, 0.1) is 23.3 Å². The van der Waals surface area contributed by atoms with Crippen molar-refractivity contribution in [2.75, 3.05) is 63.1 Å². The van der Waals surface area contributed by atoms with Crippen LogP contribution in [0.4, 0.5) is 16.0 Å². The summed E-state index contributed by atoms with van der Waals surface area (Å²) in [4.78, 5) is 64.5. The number of likely N-dealkylation sites (tertiary alicyclic amines) is 1. The number of piperazine rings is 1. The van der Waals surface area contributed by atoms with E-state index in [4.69, 9.17) is 0 Å². The van der Waals surface area contributed by atoms with Crippen LogP contribution in [0.2, 0.25) is 0 Å². The minimum absolute atomic E-state index is 0.0695. The summed E-state index contributed by atoms with van der Waals surface area (Å²) in [5, 5.41) is 11.6. The van der Waals surface area contributed by atoms with E-state index >= 15 is 0 Å². The zero-order chi connectivity index (χ0) is 43.6. The molecule has 0 spiro atoms. The van der Waals surface area contributed by atoms with E-state index in [2.05, 4.69) is 65.6 Å². The Labute approximate surface area is 362 Å². The molecule has 1 atom stereocenters. The van der Waals surface area contributed by atoms with Crippen molar-refractivity contribution in [1.82, 2.24) is 39.8 Å². The molecule has 3 N–H and O–H groups in total. The van der Waals surface area contributed by atoms with Gasteiger partial charge in [-0.05, 0) is 98.7 Å². The summed E-state index contributed by atoms with van der Waals surface area (Å²) >= 11 is 0. The Morgan fingerprint density at radius 2 is 1.71 bits per heavy atom. The first-order valence-corrected chi connectivity index (χ1v) is 22.0. The minimum Gasteiger partial charge on any atom is -0.369 e. The van der Waals surface area contributed by atoms with Crippen LogP contribution in [0.15, 0.2) is 71.8 Å². The van der Waals surface area contributed by atoms with Crippen LogP contribution in [0.25, 0.3) is 33.3 Å². The maximum absolute atomic E-state index is 14.5. The van der Waals surface area contributed by atoms with Gasteiger partial charge >= 0.3 is 0 Å². The van der Waals surface area contributed by atoms with Gasteiger partial charge in [0, 0.05) is 101 Å². The number of halogens is 1. The van der Waals surface area contributed by atoms with E-state index in [-0.39, 0.29) is 17.2 Å². The number of rotatable bonds is 13. The fraction of sp³-hybridized carbons (Fsp3) is 0.468. The second-order valence-corrected chi connectivity index (χ2v) is 17.0. The number of aryl methyl sites for hydroxylation is 1. The number of fused-ring (bicyclic) bond motifs is 1. The van der Waals surface area contributed by atoms with Crippen molar-refractivity contribution >= 4 is 41.1 Å². The van der Waals surface area contributed by atoms with Gasteiger partial charge in [-0.25, -0.2) is 14.4 Å². The molecule has 0 bridgehead atoms. The number of hydrogen-bond acceptors (Lipinski definition) is 10. The standard InChI is InChI=1S/C25H36N6O3.C22H23FN4O/c1-26-24(34)6-3-20(17-32)25-22-5-4-21(15-23(22)28(2)27-25)31-13-11-29(12-14-31)16-19-7-9-30(18-33)10-8-19;1-14-7-9-17(10-8-14)26-22-25-13-19(23)20(27-22)16-5-2-4-15(12-16)18-6-3-11-24-21(18)28/h4-5,15,17-20H,3,6-14,16H2,1-2H3,(H,26,34);2-6,11-14,17H,7-10H2,1H3,(H,24,28)(H,25,26,27). The average Bonchev–Trinajstić information content (AvgIpc) is 3.63. The summed E-state index contributed by atoms with van der Waals surface area (Å²) in [6, 6.07) is 17.4. The van der Waals surface area contributed by atoms with Gasteiger partial charge in [-0.2, -0.15) is 5.10 Å². The van der Waals surface area contributed by atoms with Crippen molar-refractivity contribution in [3.8, 4) is 22.4 Å². The predicted molar refractivity (Wildman–Crippen MR) is 240 cm³/mol. The molecule has 2 aliphatic heterocycles. The highest BCUT2D eigenvalue weighted by atomic mass is 19.1. The highest BCUT2D eigenvalue weighted by molar-refractivity contribution is 5.88. The Balaban J connectivity index is 0.000000190. The first kappa shape index (κ1) is 44.1. The molecule has 3 aromatic heterocycles. The Hall–Kier alpha value is -5.96. The van der Waals surface area contributed by atoms with Crippen molar-refractivity contribution in [2.24, 2.45) is 18.9 Å². The van der Waals surface area contributed by atoms with Crippen molar-refractivity contribution < 1.29 is 18.8 Å². The molecule has 1 saturated carbocycles. The van der Waals surface area contributed by atoms with E-state index in [0.717, 1.165) is 107 Å². The highest BCUT2D eigenvalue weighted by Crippen LogP contribution is 2.32. The van der Waals surface area contributed by atoms with E-state index in [1.54, 1.807) is 43.6 Å². The summed E-state index contributed by atoms with van der Waals surface area (Å²) in [5.41, 5.74) is 4.83. The maximum Gasteiger partial charge on any atom is 0.255 e. The molecule has 15 heteroatoms. The van der Waals surface area contributed by atoms with Gasteiger partial charge in [0.15, 0.2) is 5.82 Å². The molecule has 1 aliphatic carbocycles. The fourth-order valence-electron chi connectivity index (χ4n) is 8.93. The largest absolute Gasteiger partial charge is 0.369 e. The number of nitrogens with one attached hydrogen (secondary N) is 3. The van der Waals surface area contributed by atoms with E-state index in [1.165, 1.54) is 24.7 Å². The van der Waals surface area contributed by atoms with E-state index in [9.17, 15) is 23.6 Å². The number of H-pyrrole nitrogens is 1. The van der Waals surface area contributed by atoms with Crippen LogP contribution >= 0.6 is 0 Å². The van der Waals surface area contributed by atoms with Crippen molar-refractivity contribution in [2.45, 2.75) is 70.3 Å². The number of hydrogen-bond donors (Lipinski definition) is 3. The van der Waals surface area contributed by atoms with E-state index in [1.807, 2.05) is 22.7 Å². The first-order chi connectivity index (χ1) is 30.1. The summed E-state index contributed by atoms with van der Waals surface area (Å²) in [5.74, 6) is 0.933. The zero-order valence-corrected chi connectivity index (χ0v) is 36.1. The molecule has 62 heavy (non-hydrogen) atoms. The lowest BCUT2D eigenvalue weighted by atomic mass is 9.87.